The molecule has 1 N–H and O–H groups in total. The second kappa shape index (κ2) is 9.44. The Kier molecular flexibility index (Phi) is 6.58. The van der Waals surface area contributed by atoms with Gasteiger partial charge in [0.1, 0.15) is 11.6 Å². The maximum absolute atomic E-state index is 14.7. The van der Waals surface area contributed by atoms with Crippen LogP contribution in [-0.2, 0) is 0 Å². The van der Waals surface area contributed by atoms with Gasteiger partial charge in [-0.25, -0.2) is 17.6 Å². The van der Waals surface area contributed by atoms with Gasteiger partial charge in [-0.15, -0.1) is 0 Å². The first kappa shape index (κ1) is 23.7. The number of amides is 1. The molecule has 1 aromatic carbocycles. The summed E-state index contributed by atoms with van der Waals surface area (Å²) in [6.07, 6.45) is 1.35. The molecule has 1 amide bonds. The van der Waals surface area contributed by atoms with E-state index in [-0.39, 0.29) is 47.7 Å². The highest BCUT2D eigenvalue weighted by molar-refractivity contribution is 6.05. The van der Waals surface area contributed by atoms with Crippen molar-refractivity contribution in [3.8, 4) is 17.0 Å². The van der Waals surface area contributed by atoms with Gasteiger partial charge >= 0.3 is 0 Å². The molecule has 34 heavy (non-hydrogen) atoms. The van der Waals surface area contributed by atoms with Gasteiger partial charge in [-0.2, -0.15) is 0 Å². The van der Waals surface area contributed by atoms with Crippen molar-refractivity contribution in [2.75, 3.05) is 12.4 Å². The zero-order valence-corrected chi connectivity index (χ0v) is 18.6. The normalized spacial score (nSPS) is 19.6. The molecule has 2 heterocycles. The summed E-state index contributed by atoms with van der Waals surface area (Å²) in [4.78, 5) is 17.4. The lowest BCUT2D eigenvalue weighted by Crippen LogP contribution is -2.32. The smallest absolute Gasteiger partial charge is 0.294 e. The first-order valence-electron chi connectivity index (χ1n) is 10.9. The lowest BCUT2D eigenvalue weighted by Gasteiger charge is -2.36. The average Bonchev–Trinajstić information content (AvgIpc) is 3.30. The average molecular weight is 477 g/mol. The Balaban J connectivity index is 1.83. The van der Waals surface area contributed by atoms with Crippen LogP contribution in [-0.4, -0.2) is 29.1 Å². The molecule has 0 saturated heterocycles. The van der Waals surface area contributed by atoms with Crippen molar-refractivity contribution in [3.05, 3.63) is 59.6 Å². The Morgan fingerprint density at radius 2 is 2.03 bits per heavy atom. The van der Waals surface area contributed by atoms with Crippen molar-refractivity contribution < 1.29 is 31.6 Å². The van der Waals surface area contributed by atoms with Gasteiger partial charge in [0.15, 0.2) is 0 Å². The summed E-state index contributed by atoms with van der Waals surface area (Å²) in [5.41, 5.74) is 0.529. The number of hydrogen-bond acceptors (Lipinski definition) is 5. The number of carbonyl (C=O) groups excluding carboxylic acids is 1. The highest BCUT2D eigenvalue weighted by Crippen LogP contribution is 2.48. The topological polar surface area (TPSA) is 77.2 Å². The summed E-state index contributed by atoms with van der Waals surface area (Å²) in [6, 6.07) is 5.68. The summed E-state index contributed by atoms with van der Waals surface area (Å²) in [5, 5.41) is 6.26. The molecule has 6 nitrogen and oxygen atoms in total. The number of pyridine rings is 1. The molecule has 4 rings (SSSR count). The molecule has 2 unspecified atom stereocenters. The number of methoxy groups -OCH3 is 1. The first-order valence-corrected chi connectivity index (χ1v) is 10.9. The van der Waals surface area contributed by atoms with E-state index in [1.165, 1.54) is 25.4 Å². The number of rotatable bonds is 6. The molecule has 0 aliphatic heterocycles. The van der Waals surface area contributed by atoms with Crippen LogP contribution in [0.5, 0.6) is 5.88 Å². The molecule has 180 valence electrons. The van der Waals surface area contributed by atoms with E-state index in [1.807, 2.05) is 6.92 Å². The Morgan fingerprint density at radius 1 is 1.24 bits per heavy atom. The van der Waals surface area contributed by atoms with Crippen LogP contribution >= 0.6 is 0 Å². The molecule has 1 aliphatic carbocycles. The van der Waals surface area contributed by atoms with Crippen LogP contribution in [0, 0.1) is 17.6 Å². The number of ether oxygens (including phenoxy) is 1. The van der Waals surface area contributed by atoms with E-state index >= 15 is 0 Å². The SMILES string of the molecule is CCC1CC(F)(F)CCC1c1nccc(-c2cc(F)ccc2F)c1NC(=O)c1cc(OC)no1. The van der Waals surface area contributed by atoms with Crippen LogP contribution in [0.1, 0.15) is 54.8 Å². The zero-order valence-electron chi connectivity index (χ0n) is 18.6. The molecule has 2 aromatic heterocycles. The number of carbonyl (C=O) groups is 1. The summed E-state index contributed by atoms with van der Waals surface area (Å²) < 4.78 is 66.9. The highest BCUT2D eigenvalue weighted by Gasteiger charge is 2.42. The third-order valence-corrected chi connectivity index (χ3v) is 6.19. The molecule has 1 saturated carbocycles. The fourth-order valence-corrected chi connectivity index (χ4v) is 4.48. The van der Waals surface area contributed by atoms with Gasteiger partial charge in [0, 0.05) is 36.1 Å². The van der Waals surface area contributed by atoms with Crippen molar-refractivity contribution in [3.63, 3.8) is 0 Å². The molecule has 0 spiro atoms. The standard InChI is InChI=1S/C24H23F4N3O3/c1-3-13-12-24(27,28)8-6-15(13)21-22(30-23(32)19-11-20(33-2)31-34-19)16(7-9-29-21)17-10-14(25)4-5-18(17)26/h4-5,7,9-11,13,15H,3,6,8,12H2,1-2H3,(H,30,32). The summed E-state index contributed by atoms with van der Waals surface area (Å²) >= 11 is 0. The van der Waals surface area contributed by atoms with Gasteiger partial charge in [-0.05, 0) is 41.8 Å². The fourth-order valence-electron chi connectivity index (χ4n) is 4.48. The quantitative estimate of drug-likeness (QED) is 0.428. The molecule has 3 aromatic rings. The number of halogens is 4. The molecule has 0 radical (unpaired) electrons. The number of alkyl halides is 2. The van der Waals surface area contributed by atoms with Gasteiger partial charge < -0.3 is 14.6 Å². The largest absolute Gasteiger partial charge is 0.479 e. The Bertz CT molecular complexity index is 1200. The lowest BCUT2D eigenvalue weighted by molar-refractivity contribution is -0.0595. The van der Waals surface area contributed by atoms with E-state index in [4.69, 9.17) is 9.26 Å². The van der Waals surface area contributed by atoms with E-state index in [9.17, 15) is 22.4 Å². The van der Waals surface area contributed by atoms with Crippen LogP contribution in [0.4, 0.5) is 23.2 Å². The minimum Gasteiger partial charge on any atom is -0.479 e. The number of nitrogens with zero attached hydrogens (tertiary/aromatic N) is 2. The number of aromatic nitrogens is 2. The first-order chi connectivity index (χ1) is 16.2. The molecule has 2 atom stereocenters. The van der Waals surface area contributed by atoms with Gasteiger partial charge in [0.05, 0.1) is 24.6 Å². The van der Waals surface area contributed by atoms with Crippen molar-refractivity contribution in [1.82, 2.24) is 10.1 Å². The number of anilines is 1. The van der Waals surface area contributed by atoms with E-state index in [0.29, 0.717) is 12.1 Å². The Hall–Kier alpha value is -3.43. The van der Waals surface area contributed by atoms with Crippen molar-refractivity contribution >= 4 is 11.6 Å². The van der Waals surface area contributed by atoms with Crippen LogP contribution < -0.4 is 10.1 Å². The van der Waals surface area contributed by atoms with E-state index in [1.54, 1.807) is 0 Å². The Morgan fingerprint density at radius 3 is 2.74 bits per heavy atom. The predicted molar refractivity (Wildman–Crippen MR) is 116 cm³/mol. The molecule has 1 aliphatic rings. The molecule has 10 heteroatoms. The van der Waals surface area contributed by atoms with Crippen LogP contribution in [0.3, 0.4) is 0 Å². The van der Waals surface area contributed by atoms with Crippen molar-refractivity contribution in [1.29, 1.82) is 0 Å². The molecule has 1 fully saturated rings. The minimum atomic E-state index is -2.79. The summed E-state index contributed by atoms with van der Waals surface area (Å²) in [5.74, 6) is -5.83. The lowest BCUT2D eigenvalue weighted by atomic mass is 9.73. The van der Waals surface area contributed by atoms with Gasteiger partial charge in [-0.3, -0.25) is 9.78 Å². The molecular formula is C24H23F4N3O3. The fraction of sp³-hybridized carbons (Fsp3) is 0.375. The van der Waals surface area contributed by atoms with E-state index in [0.717, 1.165) is 18.2 Å². The van der Waals surface area contributed by atoms with Gasteiger partial charge in [0.25, 0.3) is 11.8 Å². The third-order valence-electron chi connectivity index (χ3n) is 6.19. The maximum atomic E-state index is 14.7. The van der Waals surface area contributed by atoms with Crippen LogP contribution in [0.2, 0.25) is 0 Å². The monoisotopic (exact) mass is 477 g/mol. The highest BCUT2D eigenvalue weighted by atomic mass is 19.3. The van der Waals surface area contributed by atoms with Gasteiger partial charge in [0.2, 0.25) is 11.7 Å². The summed E-state index contributed by atoms with van der Waals surface area (Å²) in [6.45, 7) is 1.81. The van der Waals surface area contributed by atoms with E-state index in [2.05, 4.69) is 15.5 Å². The van der Waals surface area contributed by atoms with Crippen molar-refractivity contribution in [2.24, 2.45) is 5.92 Å². The maximum Gasteiger partial charge on any atom is 0.294 e. The second-order valence-corrected chi connectivity index (χ2v) is 8.30. The second-order valence-electron chi connectivity index (χ2n) is 8.30. The Labute approximate surface area is 193 Å². The number of hydrogen-bond donors (Lipinski definition) is 1. The van der Waals surface area contributed by atoms with Crippen LogP contribution in [0.15, 0.2) is 41.1 Å². The summed E-state index contributed by atoms with van der Waals surface area (Å²) in [7, 11) is 1.35. The van der Waals surface area contributed by atoms with Crippen LogP contribution in [0.25, 0.3) is 11.1 Å². The van der Waals surface area contributed by atoms with Gasteiger partial charge in [-0.1, -0.05) is 13.3 Å². The van der Waals surface area contributed by atoms with Crippen molar-refractivity contribution in [2.45, 2.75) is 44.4 Å². The third kappa shape index (κ3) is 4.76. The predicted octanol–water partition coefficient (Wildman–Crippen LogP) is 6.20. The van der Waals surface area contributed by atoms with E-state index < -0.39 is 35.3 Å². The molecular weight excluding hydrogens is 454 g/mol. The minimum absolute atomic E-state index is 0.0773. The zero-order chi connectivity index (χ0) is 24.5. The molecule has 0 bridgehead atoms. The number of benzene rings is 1. The number of nitrogens with one attached hydrogen (secondary N) is 1.